The first-order chi connectivity index (χ1) is 5.33. The summed E-state index contributed by atoms with van der Waals surface area (Å²) in [6.45, 7) is 6.06. The highest BCUT2D eigenvalue weighted by molar-refractivity contribution is 5.37. The largest absolute Gasteiger partial charge is 0.192 e. The molecule has 0 unspecified atom stereocenters. The van der Waals surface area contributed by atoms with E-state index in [2.05, 4.69) is 13.0 Å². The highest BCUT2D eigenvalue weighted by Gasteiger charge is 1.98. The topological polar surface area (TPSA) is 23.8 Å². The average Bonchev–Trinajstić information content (AvgIpc) is 2.08. The maximum Gasteiger partial charge on any atom is 0.0988 e. The van der Waals surface area contributed by atoms with Gasteiger partial charge in [0.25, 0.3) is 0 Å². The number of hydrogen-bond donors (Lipinski definition) is 0. The van der Waals surface area contributed by atoms with E-state index in [1.807, 2.05) is 26.0 Å². The van der Waals surface area contributed by atoms with Crippen molar-refractivity contribution in [3.05, 3.63) is 23.3 Å². The molecule has 0 spiro atoms. The van der Waals surface area contributed by atoms with Crippen LogP contribution in [0.2, 0.25) is 0 Å². The number of nitriles is 1. The summed E-state index contributed by atoms with van der Waals surface area (Å²) in [4.78, 5) is 0. The van der Waals surface area contributed by atoms with Gasteiger partial charge in [-0.15, -0.1) is 0 Å². The van der Waals surface area contributed by atoms with E-state index in [0.717, 1.165) is 18.4 Å². The van der Waals surface area contributed by atoms with E-state index in [4.69, 9.17) is 5.26 Å². The molecule has 1 rings (SSSR count). The van der Waals surface area contributed by atoms with Crippen molar-refractivity contribution in [2.45, 2.75) is 33.6 Å². The Hall–Kier alpha value is -1.03. The molecule has 0 radical (unpaired) electrons. The molecule has 1 heteroatoms. The molecule has 0 heterocycles. The number of rotatable bonds is 0. The summed E-state index contributed by atoms with van der Waals surface area (Å²) >= 11 is 0. The van der Waals surface area contributed by atoms with E-state index in [0.29, 0.717) is 0 Å². The molecule has 0 saturated heterocycles. The van der Waals surface area contributed by atoms with Crippen LogP contribution < -0.4 is 0 Å². The van der Waals surface area contributed by atoms with Crippen molar-refractivity contribution in [2.75, 3.05) is 0 Å². The molecule has 0 N–H and O–H groups in total. The second-order valence-electron chi connectivity index (χ2n) is 2.30. The van der Waals surface area contributed by atoms with Gasteiger partial charge in [0.2, 0.25) is 0 Å². The first-order valence-corrected chi connectivity index (χ1v) is 4.10. The zero-order valence-corrected chi connectivity index (χ0v) is 7.52. The molecule has 1 aliphatic rings. The molecule has 0 amide bonds. The van der Waals surface area contributed by atoms with Gasteiger partial charge in [-0.3, -0.25) is 0 Å². The standard InChI is InChI=1S/C8H9N.C2H6/c1-7-3-2-4-8(5-7)6-9;1-2/h4-5H,2-3H2,1H3;1-2H3. The Morgan fingerprint density at radius 1 is 1.45 bits per heavy atom. The lowest BCUT2D eigenvalue weighted by Gasteiger charge is -2.02. The predicted molar refractivity (Wildman–Crippen MR) is 48.0 cm³/mol. The van der Waals surface area contributed by atoms with Crippen LogP contribution in [0.15, 0.2) is 23.3 Å². The van der Waals surface area contributed by atoms with Gasteiger partial charge in [-0.2, -0.15) is 5.26 Å². The van der Waals surface area contributed by atoms with Crippen LogP contribution in [0.25, 0.3) is 0 Å². The second-order valence-corrected chi connectivity index (χ2v) is 2.30. The third kappa shape index (κ3) is 3.62. The maximum absolute atomic E-state index is 8.45. The molecule has 11 heavy (non-hydrogen) atoms. The lowest BCUT2D eigenvalue weighted by Crippen LogP contribution is -1.85. The van der Waals surface area contributed by atoms with Gasteiger partial charge in [0.1, 0.15) is 0 Å². The summed E-state index contributed by atoms with van der Waals surface area (Å²) in [5, 5.41) is 8.45. The van der Waals surface area contributed by atoms with Crippen LogP contribution in [0, 0.1) is 11.3 Å². The lowest BCUT2D eigenvalue weighted by atomic mass is 10.0. The van der Waals surface area contributed by atoms with Crippen molar-refractivity contribution in [1.82, 2.24) is 0 Å². The van der Waals surface area contributed by atoms with Crippen LogP contribution in [0.5, 0.6) is 0 Å². The molecule has 60 valence electrons. The van der Waals surface area contributed by atoms with E-state index >= 15 is 0 Å². The molecule has 0 bridgehead atoms. The van der Waals surface area contributed by atoms with Crippen molar-refractivity contribution in [2.24, 2.45) is 0 Å². The molecule has 1 aliphatic carbocycles. The molecule has 0 saturated carbocycles. The molecular weight excluding hydrogens is 134 g/mol. The summed E-state index contributed by atoms with van der Waals surface area (Å²) < 4.78 is 0. The van der Waals surface area contributed by atoms with Gasteiger partial charge in [0.05, 0.1) is 6.07 Å². The van der Waals surface area contributed by atoms with Crippen molar-refractivity contribution < 1.29 is 0 Å². The molecule has 0 aromatic carbocycles. The number of nitrogens with zero attached hydrogens (tertiary/aromatic N) is 1. The fraction of sp³-hybridized carbons (Fsp3) is 0.500. The third-order valence-electron chi connectivity index (χ3n) is 1.43. The van der Waals surface area contributed by atoms with E-state index in [1.165, 1.54) is 5.57 Å². The van der Waals surface area contributed by atoms with Crippen molar-refractivity contribution in [3.63, 3.8) is 0 Å². The summed E-state index contributed by atoms with van der Waals surface area (Å²) in [6, 6.07) is 2.12. The van der Waals surface area contributed by atoms with Gasteiger partial charge in [-0.05, 0) is 25.8 Å². The Balaban J connectivity index is 0.000000461. The van der Waals surface area contributed by atoms with Crippen LogP contribution in [0.4, 0.5) is 0 Å². The molecule has 0 aromatic rings. The zero-order valence-electron chi connectivity index (χ0n) is 7.52. The van der Waals surface area contributed by atoms with Crippen LogP contribution in [-0.4, -0.2) is 0 Å². The molecule has 0 aliphatic heterocycles. The summed E-state index contributed by atoms with van der Waals surface area (Å²) in [5.74, 6) is 0. The van der Waals surface area contributed by atoms with Gasteiger partial charge in [0.15, 0.2) is 0 Å². The minimum absolute atomic E-state index is 0.818. The SMILES string of the molecule is CC.CC1=CC(C#N)=CCC1. The van der Waals surface area contributed by atoms with Gasteiger partial charge >= 0.3 is 0 Å². The highest BCUT2D eigenvalue weighted by Crippen LogP contribution is 2.15. The number of allylic oxidation sites excluding steroid dienone is 4. The summed E-state index contributed by atoms with van der Waals surface area (Å²) in [6.07, 6.45) is 6.08. The first kappa shape index (κ1) is 9.97. The molecule has 0 aromatic heterocycles. The summed E-state index contributed by atoms with van der Waals surface area (Å²) in [7, 11) is 0. The highest BCUT2D eigenvalue weighted by atomic mass is 14.2. The van der Waals surface area contributed by atoms with Crippen LogP contribution >= 0.6 is 0 Å². The minimum atomic E-state index is 0.818. The second kappa shape index (κ2) is 5.73. The predicted octanol–water partition coefficient (Wildman–Crippen LogP) is 3.20. The Labute approximate surface area is 69.0 Å². The van der Waals surface area contributed by atoms with Crippen molar-refractivity contribution >= 4 is 0 Å². The maximum atomic E-state index is 8.45. The third-order valence-corrected chi connectivity index (χ3v) is 1.43. The fourth-order valence-electron chi connectivity index (χ4n) is 0.930. The van der Waals surface area contributed by atoms with E-state index in [9.17, 15) is 0 Å². The molecule has 1 nitrogen and oxygen atoms in total. The van der Waals surface area contributed by atoms with Gasteiger partial charge in [-0.25, -0.2) is 0 Å². The smallest absolute Gasteiger partial charge is 0.0988 e. The molecule has 0 fully saturated rings. The fourth-order valence-corrected chi connectivity index (χ4v) is 0.930. The van der Waals surface area contributed by atoms with Crippen LogP contribution in [0.1, 0.15) is 33.6 Å². The quantitative estimate of drug-likeness (QED) is 0.519. The normalized spacial score (nSPS) is 15.1. The Morgan fingerprint density at radius 2 is 2.09 bits per heavy atom. The summed E-state index contributed by atoms with van der Waals surface area (Å²) in [5.41, 5.74) is 2.13. The van der Waals surface area contributed by atoms with Gasteiger partial charge < -0.3 is 0 Å². The van der Waals surface area contributed by atoms with E-state index < -0.39 is 0 Å². The van der Waals surface area contributed by atoms with E-state index in [-0.39, 0.29) is 0 Å². The lowest BCUT2D eigenvalue weighted by molar-refractivity contribution is 0.953. The number of hydrogen-bond acceptors (Lipinski definition) is 1. The van der Waals surface area contributed by atoms with Gasteiger partial charge in [-0.1, -0.05) is 25.5 Å². The molecular formula is C10H15N. The van der Waals surface area contributed by atoms with Crippen molar-refractivity contribution in [3.8, 4) is 6.07 Å². The minimum Gasteiger partial charge on any atom is -0.192 e. The monoisotopic (exact) mass is 149 g/mol. The van der Waals surface area contributed by atoms with Crippen molar-refractivity contribution in [1.29, 1.82) is 5.26 Å². The van der Waals surface area contributed by atoms with E-state index in [1.54, 1.807) is 0 Å². The first-order valence-electron chi connectivity index (χ1n) is 4.10. The van der Waals surface area contributed by atoms with Gasteiger partial charge in [0, 0.05) is 5.57 Å². The Kier molecular flexibility index (Phi) is 5.20. The molecule has 0 atom stereocenters. The zero-order chi connectivity index (χ0) is 8.69. The Bertz CT molecular complexity index is 203. The van der Waals surface area contributed by atoms with Crippen LogP contribution in [-0.2, 0) is 0 Å². The average molecular weight is 149 g/mol. The van der Waals surface area contributed by atoms with Crippen LogP contribution in [0.3, 0.4) is 0 Å². The Morgan fingerprint density at radius 3 is 2.45 bits per heavy atom.